The van der Waals surface area contributed by atoms with Crippen molar-refractivity contribution in [3.63, 3.8) is 0 Å². The number of rotatable bonds is 3. The summed E-state index contributed by atoms with van der Waals surface area (Å²) in [4.78, 5) is 12.3. The van der Waals surface area contributed by atoms with E-state index in [1.54, 1.807) is 12.1 Å². The summed E-state index contributed by atoms with van der Waals surface area (Å²) >= 11 is 6.25. The van der Waals surface area contributed by atoms with Crippen LogP contribution in [-0.4, -0.2) is 29.4 Å². The molecule has 7 heteroatoms. The van der Waals surface area contributed by atoms with Crippen molar-refractivity contribution in [1.29, 1.82) is 0 Å². The molecule has 1 N–H and O–H groups in total. The molecule has 6 nitrogen and oxygen atoms in total. The quantitative estimate of drug-likeness (QED) is 0.722. The van der Waals surface area contributed by atoms with Crippen molar-refractivity contribution < 1.29 is 19.0 Å². The molecule has 3 aromatic rings. The van der Waals surface area contributed by atoms with E-state index in [4.69, 9.17) is 25.8 Å². The number of carbonyl (C=O) groups is 1. The molecule has 0 saturated carbocycles. The van der Waals surface area contributed by atoms with E-state index in [9.17, 15) is 4.79 Å². The second-order valence-electron chi connectivity index (χ2n) is 5.65. The average Bonchev–Trinajstić information content (AvgIpc) is 2.90. The number of esters is 1. The first kappa shape index (κ1) is 15.8. The third-order valence-corrected chi connectivity index (χ3v) is 4.18. The summed E-state index contributed by atoms with van der Waals surface area (Å²) in [5, 5.41) is 8.02. The first-order valence-corrected chi connectivity index (χ1v) is 8.28. The van der Waals surface area contributed by atoms with Crippen molar-refractivity contribution in [2.75, 3.05) is 13.2 Å². The molecular formula is C18H15ClN2O4. The van der Waals surface area contributed by atoms with Crippen LogP contribution in [0.3, 0.4) is 0 Å². The Morgan fingerprint density at radius 3 is 3.00 bits per heavy atom. The fourth-order valence-electron chi connectivity index (χ4n) is 2.70. The monoisotopic (exact) mass is 358 g/mol. The van der Waals surface area contributed by atoms with E-state index in [1.165, 1.54) is 0 Å². The molecule has 4 rings (SSSR count). The molecular weight excluding hydrogens is 344 g/mol. The number of para-hydroxylation sites is 1. The molecule has 0 unspecified atom stereocenters. The van der Waals surface area contributed by atoms with Gasteiger partial charge in [-0.2, -0.15) is 5.10 Å². The van der Waals surface area contributed by atoms with Crippen molar-refractivity contribution >= 4 is 28.5 Å². The lowest BCUT2D eigenvalue weighted by molar-refractivity contribution is 0.0467. The zero-order chi connectivity index (χ0) is 17.2. The number of aromatic nitrogens is 2. The van der Waals surface area contributed by atoms with Crippen LogP contribution in [0.5, 0.6) is 11.5 Å². The highest BCUT2D eigenvalue weighted by Crippen LogP contribution is 2.38. The van der Waals surface area contributed by atoms with Crippen LogP contribution in [0.4, 0.5) is 0 Å². The number of halogens is 1. The van der Waals surface area contributed by atoms with E-state index < -0.39 is 5.97 Å². The van der Waals surface area contributed by atoms with Gasteiger partial charge in [0.1, 0.15) is 6.61 Å². The molecule has 1 aliphatic heterocycles. The number of nitrogens with one attached hydrogen (secondary N) is 1. The normalized spacial score (nSPS) is 13.5. The zero-order valence-electron chi connectivity index (χ0n) is 13.3. The minimum atomic E-state index is -0.499. The summed E-state index contributed by atoms with van der Waals surface area (Å²) in [6.07, 6.45) is 0.793. The predicted octanol–water partition coefficient (Wildman–Crippen LogP) is 3.73. The summed E-state index contributed by atoms with van der Waals surface area (Å²) in [7, 11) is 0. The van der Waals surface area contributed by atoms with Gasteiger partial charge in [0.25, 0.3) is 0 Å². The molecule has 0 radical (unpaired) electrons. The SMILES string of the molecule is O=C(OCc1cc(Cl)c2c(c1)OCCCO2)c1n[nH]c2ccccc12. The lowest BCUT2D eigenvalue weighted by atomic mass is 10.2. The third-order valence-electron chi connectivity index (χ3n) is 3.90. The number of benzene rings is 2. The Labute approximate surface area is 148 Å². The molecule has 1 aromatic heterocycles. The van der Waals surface area contributed by atoms with Gasteiger partial charge in [0.2, 0.25) is 0 Å². The minimum absolute atomic E-state index is 0.0659. The standard InChI is InChI=1S/C18H15ClN2O4/c19-13-8-11(9-15-17(13)24-7-3-6-23-15)10-25-18(22)16-12-4-1-2-5-14(12)20-21-16/h1-2,4-5,8-9H,3,6-7,10H2,(H,20,21). The predicted molar refractivity (Wildman–Crippen MR) is 92.3 cm³/mol. The van der Waals surface area contributed by atoms with Gasteiger partial charge >= 0.3 is 5.97 Å². The highest BCUT2D eigenvalue weighted by Gasteiger charge is 2.18. The number of ether oxygens (including phenoxy) is 3. The van der Waals surface area contributed by atoms with Crippen LogP contribution in [0.15, 0.2) is 36.4 Å². The third kappa shape index (κ3) is 3.13. The van der Waals surface area contributed by atoms with Crippen LogP contribution in [0.2, 0.25) is 5.02 Å². The summed E-state index contributed by atoms with van der Waals surface area (Å²) in [5.74, 6) is 0.606. The molecule has 0 spiro atoms. The molecule has 0 aliphatic carbocycles. The van der Waals surface area contributed by atoms with E-state index in [1.807, 2.05) is 24.3 Å². The number of hydrogen-bond donors (Lipinski definition) is 1. The van der Waals surface area contributed by atoms with Crippen molar-refractivity contribution in [3.8, 4) is 11.5 Å². The molecule has 0 atom stereocenters. The van der Waals surface area contributed by atoms with Crippen LogP contribution in [0, 0.1) is 0 Å². The molecule has 128 valence electrons. The van der Waals surface area contributed by atoms with Crippen LogP contribution < -0.4 is 9.47 Å². The van der Waals surface area contributed by atoms with Crippen molar-refractivity contribution in [1.82, 2.24) is 10.2 Å². The highest BCUT2D eigenvalue weighted by atomic mass is 35.5. The second-order valence-corrected chi connectivity index (χ2v) is 6.06. The topological polar surface area (TPSA) is 73.4 Å². The molecule has 0 bridgehead atoms. The summed E-state index contributed by atoms with van der Waals surface area (Å²) in [5.41, 5.74) is 1.77. The summed E-state index contributed by atoms with van der Waals surface area (Å²) in [6.45, 7) is 1.19. The van der Waals surface area contributed by atoms with Gasteiger partial charge in [0, 0.05) is 11.8 Å². The number of carbonyl (C=O) groups excluding carboxylic acids is 1. The lowest BCUT2D eigenvalue weighted by Gasteiger charge is -2.11. The Morgan fingerprint density at radius 1 is 1.24 bits per heavy atom. The molecule has 1 aliphatic rings. The van der Waals surface area contributed by atoms with Crippen LogP contribution in [-0.2, 0) is 11.3 Å². The molecule has 0 fully saturated rings. The largest absolute Gasteiger partial charge is 0.489 e. The van der Waals surface area contributed by atoms with E-state index in [0.717, 1.165) is 22.9 Å². The highest BCUT2D eigenvalue weighted by molar-refractivity contribution is 6.32. The van der Waals surface area contributed by atoms with Gasteiger partial charge in [-0.3, -0.25) is 5.10 Å². The maximum absolute atomic E-state index is 12.3. The number of hydrogen-bond acceptors (Lipinski definition) is 5. The van der Waals surface area contributed by atoms with Crippen LogP contribution in [0.25, 0.3) is 10.9 Å². The smallest absolute Gasteiger partial charge is 0.359 e. The Kier molecular flexibility index (Phi) is 4.19. The maximum Gasteiger partial charge on any atom is 0.359 e. The van der Waals surface area contributed by atoms with Crippen molar-refractivity contribution in [2.24, 2.45) is 0 Å². The number of aromatic amines is 1. The van der Waals surface area contributed by atoms with Crippen molar-refractivity contribution in [3.05, 3.63) is 52.7 Å². The van der Waals surface area contributed by atoms with Gasteiger partial charge in [0.15, 0.2) is 17.2 Å². The van der Waals surface area contributed by atoms with E-state index in [-0.39, 0.29) is 12.3 Å². The molecule has 0 saturated heterocycles. The molecule has 2 aromatic carbocycles. The maximum atomic E-state index is 12.3. The van der Waals surface area contributed by atoms with Crippen molar-refractivity contribution in [2.45, 2.75) is 13.0 Å². The van der Waals surface area contributed by atoms with E-state index >= 15 is 0 Å². The number of H-pyrrole nitrogens is 1. The van der Waals surface area contributed by atoms with Gasteiger partial charge in [-0.1, -0.05) is 29.8 Å². The molecule has 25 heavy (non-hydrogen) atoms. The first-order valence-electron chi connectivity index (χ1n) is 7.90. The lowest BCUT2D eigenvalue weighted by Crippen LogP contribution is -2.06. The fourth-order valence-corrected chi connectivity index (χ4v) is 2.99. The van der Waals surface area contributed by atoms with Gasteiger partial charge < -0.3 is 14.2 Å². The van der Waals surface area contributed by atoms with E-state index in [2.05, 4.69) is 10.2 Å². The Bertz CT molecular complexity index is 938. The average molecular weight is 359 g/mol. The summed E-state index contributed by atoms with van der Waals surface area (Å²) in [6, 6.07) is 10.9. The van der Waals surface area contributed by atoms with E-state index in [0.29, 0.717) is 29.7 Å². The molecule has 0 amide bonds. The molecule has 2 heterocycles. The summed E-state index contributed by atoms with van der Waals surface area (Å²) < 4.78 is 16.6. The number of fused-ring (bicyclic) bond motifs is 2. The fraction of sp³-hybridized carbons (Fsp3) is 0.222. The first-order chi connectivity index (χ1) is 12.2. The van der Waals surface area contributed by atoms with Gasteiger partial charge in [-0.15, -0.1) is 0 Å². The minimum Gasteiger partial charge on any atom is -0.489 e. The number of nitrogens with zero attached hydrogens (tertiary/aromatic N) is 1. The Hall–Kier alpha value is -2.73. The van der Waals surface area contributed by atoms with Crippen LogP contribution in [0.1, 0.15) is 22.5 Å². The Balaban J connectivity index is 1.52. The zero-order valence-corrected chi connectivity index (χ0v) is 14.0. The Morgan fingerprint density at radius 2 is 2.08 bits per heavy atom. The van der Waals surface area contributed by atoms with Gasteiger partial charge in [0.05, 0.1) is 23.8 Å². The van der Waals surface area contributed by atoms with Gasteiger partial charge in [-0.25, -0.2) is 4.79 Å². The van der Waals surface area contributed by atoms with Gasteiger partial charge in [-0.05, 0) is 23.8 Å². The second kappa shape index (κ2) is 6.64. The van der Waals surface area contributed by atoms with Crippen LogP contribution >= 0.6 is 11.6 Å².